The molecule has 0 aliphatic rings. The normalized spacial score (nSPS) is 11.5. The molecule has 0 spiro atoms. The van der Waals surface area contributed by atoms with Crippen molar-refractivity contribution < 1.29 is 4.79 Å². The van der Waals surface area contributed by atoms with Gasteiger partial charge in [0.05, 0.1) is 11.0 Å². The summed E-state index contributed by atoms with van der Waals surface area (Å²) in [7, 11) is 0. The summed E-state index contributed by atoms with van der Waals surface area (Å²) in [6.07, 6.45) is 4.13. The fourth-order valence-corrected chi connectivity index (χ4v) is 3.68. The topological polar surface area (TPSA) is 46.9 Å². The summed E-state index contributed by atoms with van der Waals surface area (Å²) in [5.41, 5.74) is 4.94. The highest BCUT2D eigenvalue weighted by Crippen LogP contribution is 2.21. The van der Waals surface area contributed by atoms with E-state index in [1.54, 1.807) is 0 Å². The Hall–Kier alpha value is -2.62. The van der Waals surface area contributed by atoms with Gasteiger partial charge in [-0.15, -0.1) is 0 Å². The predicted molar refractivity (Wildman–Crippen MR) is 125 cm³/mol. The lowest BCUT2D eigenvalue weighted by Crippen LogP contribution is -2.28. The van der Waals surface area contributed by atoms with Crippen LogP contribution in [0, 0.1) is 5.92 Å². The molecule has 1 amide bonds. The first-order valence-corrected chi connectivity index (χ1v) is 11.3. The van der Waals surface area contributed by atoms with Crippen LogP contribution in [0.1, 0.15) is 69.8 Å². The van der Waals surface area contributed by atoms with Crippen molar-refractivity contribution in [3.63, 3.8) is 0 Å². The van der Waals surface area contributed by atoms with E-state index in [2.05, 4.69) is 72.3 Å². The average molecular weight is 406 g/mol. The van der Waals surface area contributed by atoms with E-state index < -0.39 is 0 Å². The Morgan fingerprint density at radius 2 is 1.70 bits per heavy atom. The van der Waals surface area contributed by atoms with Crippen LogP contribution >= 0.6 is 0 Å². The van der Waals surface area contributed by atoms with Gasteiger partial charge in [-0.2, -0.15) is 0 Å². The Bertz CT molecular complexity index is 954. The van der Waals surface area contributed by atoms with Crippen molar-refractivity contribution in [2.45, 2.75) is 65.8 Å². The summed E-state index contributed by atoms with van der Waals surface area (Å²) >= 11 is 0. The van der Waals surface area contributed by atoms with E-state index in [9.17, 15) is 4.79 Å². The number of imidazole rings is 1. The fourth-order valence-electron chi connectivity index (χ4n) is 3.68. The molecule has 0 fully saturated rings. The number of unbranched alkanes of at least 4 members (excludes halogenated alkanes) is 2. The smallest absolute Gasteiger partial charge is 0.222 e. The molecule has 1 aromatic heterocycles. The van der Waals surface area contributed by atoms with E-state index >= 15 is 0 Å². The third-order valence-electron chi connectivity index (χ3n) is 5.62. The van der Waals surface area contributed by atoms with Gasteiger partial charge in [-0.25, -0.2) is 4.98 Å². The Morgan fingerprint density at radius 3 is 2.40 bits per heavy atom. The summed E-state index contributed by atoms with van der Waals surface area (Å²) in [6.45, 7) is 9.91. The lowest BCUT2D eigenvalue weighted by atomic mass is 10.0. The highest BCUT2D eigenvalue weighted by Gasteiger charge is 2.11. The fraction of sp³-hybridized carbons (Fsp3) is 0.462. The van der Waals surface area contributed by atoms with E-state index in [0.29, 0.717) is 5.92 Å². The van der Waals surface area contributed by atoms with Crippen LogP contribution in [0.5, 0.6) is 0 Å². The van der Waals surface area contributed by atoms with Crippen molar-refractivity contribution in [1.82, 2.24) is 14.9 Å². The number of rotatable bonds is 10. The summed E-state index contributed by atoms with van der Waals surface area (Å²) in [4.78, 5) is 16.6. The Kier molecular flexibility index (Phi) is 7.67. The standard InChI is InChI=1S/C26H35N3O/c1-19(2)22-15-13-21(14-16-22)18-29-24-11-8-7-10-23(24)28-25(29)12-6-5-9-17-27-26(30)20(3)4/h7-8,10-11,13-16,19-20H,5-6,9,12,17-18H2,1-4H3,(H,27,30). The third kappa shape index (κ3) is 5.71. The van der Waals surface area contributed by atoms with Crippen LogP contribution in [-0.2, 0) is 17.8 Å². The maximum Gasteiger partial charge on any atom is 0.222 e. The number of benzene rings is 2. The molecule has 4 nitrogen and oxygen atoms in total. The van der Waals surface area contributed by atoms with Crippen LogP contribution < -0.4 is 5.32 Å². The largest absolute Gasteiger partial charge is 0.356 e. The van der Waals surface area contributed by atoms with Crippen molar-refractivity contribution in [3.8, 4) is 0 Å². The molecule has 3 rings (SSSR count). The van der Waals surface area contributed by atoms with Crippen LogP contribution in [0.25, 0.3) is 11.0 Å². The minimum Gasteiger partial charge on any atom is -0.356 e. The van der Waals surface area contributed by atoms with Crippen molar-refractivity contribution in [2.24, 2.45) is 5.92 Å². The number of para-hydroxylation sites is 2. The minimum atomic E-state index is 0.0551. The number of hydrogen-bond donors (Lipinski definition) is 1. The Balaban J connectivity index is 1.64. The van der Waals surface area contributed by atoms with Crippen LogP contribution in [-0.4, -0.2) is 22.0 Å². The van der Waals surface area contributed by atoms with Gasteiger partial charge in [0, 0.05) is 25.4 Å². The second-order valence-corrected chi connectivity index (χ2v) is 8.76. The zero-order valence-corrected chi connectivity index (χ0v) is 18.8. The molecule has 0 unspecified atom stereocenters. The maximum absolute atomic E-state index is 11.6. The van der Waals surface area contributed by atoms with Crippen LogP contribution in [0.3, 0.4) is 0 Å². The molecule has 0 atom stereocenters. The number of nitrogens with one attached hydrogen (secondary N) is 1. The zero-order chi connectivity index (χ0) is 21.5. The number of aryl methyl sites for hydroxylation is 1. The molecule has 0 bridgehead atoms. The molecule has 0 radical (unpaired) electrons. The number of amides is 1. The van der Waals surface area contributed by atoms with Gasteiger partial charge in [-0.3, -0.25) is 4.79 Å². The highest BCUT2D eigenvalue weighted by atomic mass is 16.1. The molecule has 0 saturated carbocycles. The maximum atomic E-state index is 11.6. The van der Waals surface area contributed by atoms with E-state index in [4.69, 9.17) is 4.98 Å². The van der Waals surface area contributed by atoms with Gasteiger partial charge in [0.1, 0.15) is 5.82 Å². The van der Waals surface area contributed by atoms with E-state index in [-0.39, 0.29) is 11.8 Å². The summed E-state index contributed by atoms with van der Waals surface area (Å²) < 4.78 is 2.36. The first-order chi connectivity index (χ1) is 14.5. The van der Waals surface area contributed by atoms with Crippen molar-refractivity contribution >= 4 is 16.9 Å². The van der Waals surface area contributed by atoms with Crippen LogP contribution in [0.15, 0.2) is 48.5 Å². The SMILES string of the molecule is CC(C)C(=O)NCCCCCc1nc2ccccc2n1Cc1ccc(C(C)C)cc1. The second kappa shape index (κ2) is 10.4. The first-order valence-electron chi connectivity index (χ1n) is 11.3. The molecule has 2 aromatic carbocycles. The van der Waals surface area contributed by atoms with Crippen molar-refractivity contribution in [1.29, 1.82) is 0 Å². The van der Waals surface area contributed by atoms with Gasteiger partial charge in [0.15, 0.2) is 0 Å². The molecule has 0 saturated heterocycles. The monoisotopic (exact) mass is 405 g/mol. The molecular weight excluding hydrogens is 370 g/mol. The molecule has 0 aliphatic heterocycles. The number of fused-ring (bicyclic) bond motifs is 1. The minimum absolute atomic E-state index is 0.0551. The lowest BCUT2D eigenvalue weighted by molar-refractivity contribution is -0.123. The highest BCUT2D eigenvalue weighted by molar-refractivity contribution is 5.77. The Labute approximate surface area is 180 Å². The molecule has 160 valence electrons. The number of nitrogens with zero attached hydrogens (tertiary/aromatic N) is 2. The van der Waals surface area contributed by atoms with Gasteiger partial charge in [-0.05, 0) is 42.0 Å². The zero-order valence-electron chi connectivity index (χ0n) is 18.8. The molecule has 3 aromatic rings. The molecule has 4 heteroatoms. The lowest BCUT2D eigenvalue weighted by Gasteiger charge is -2.11. The van der Waals surface area contributed by atoms with Crippen LogP contribution in [0.2, 0.25) is 0 Å². The van der Waals surface area contributed by atoms with E-state index in [0.717, 1.165) is 50.1 Å². The van der Waals surface area contributed by atoms with Gasteiger partial charge in [0.25, 0.3) is 0 Å². The summed E-state index contributed by atoms with van der Waals surface area (Å²) in [6, 6.07) is 17.4. The van der Waals surface area contributed by atoms with Gasteiger partial charge < -0.3 is 9.88 Å². The van der Waals surface area contributed by atoms with Crippen LogP contribution in [0.4, 0.5) is 0 Å². The number of hydrogen-bond acceptors (Lipinski definition) is 2. The van der Waals surface area contributed by atoms with Gasteiger partial charge >= 0.3 is 0 Å². The first kappa shape index (κ1) is 22.1. The van der Waals surface area contributed by atoms with Gasteiger partial charge in [-0.1, -0.05) is 70.5 Å². The third-order valence-corrected chi connectivity index (χ3v) is 5.62. The number of carbonyl (C=O) groups is 1. The number of carbonyl (C=O) groups excluding carboxylic acids is 1. The molecular formula is C26H35N3O. The van der Waals surface area contributed by atoms with Crippen molar-refractivity contribution in [3.05, 3.63) is 65.5 Å². The predicted octanol–water partition coefficient (Wildman–Crippen LogP) is 5.69. The molecule has 1 heterocycles. The van der Waals surface area contributed by atoms with E-state index in [1.807, 2.05) is 13.8 Å². The molecule has 0 aliphatic carbocycles. The Morgan fingerprint density at radius 1 is 0.967 bits per heavy atom. The number of aromatic nitrogens is 2. The molecule has 30 heavy (non-hydrogen) atoms. The van der Waals surface area contributed by atoms with E-state index in [1.165, 1.54) is 16.6 Å². The summed E-state index contributed by atoms with van der Waals surface area (Å²) in [5.74, 6) is 1.89. The van der Waals surface area contributed by atoms with Gasteiger partial charge in [0.2, 0.25) is 5.91 Å². The average Bonchev–Trinajstić information content (AvgIpc) is 3.08. The van der Waals surface area contributed by atoms with Crippen molar-refractivity contribution in [2.75, 3.05) is 6.54 Å². The second-order valence-electron chi connectivity index (χ2n) is 8.76. The molecule has 1 N–H and O–H groups in total. The quantitative estimate of drug-likeness (QED) is 0.440. The summed E-state index contributed by atoms with van der Waals surface area (Å²) in [5, 5.41) is 3.00.